The molecule has 0 saturated heterocycles. The Morgan fingerprint density at radius 1 is 1.07 bits per heavy atom. The van der Waals surface area contributed by atoms with Crippen molar-refractivity contribution in [2.24, 2.45) is 10.8 Å². The highest BCUT2D eigenvalue weighted by Gasteiger charge is 2.64. The van der Waals surface area contributed by atoms with E-state index in [1.165, 1.54) is 20.8 Å². The van der Waals surface area contributed by atoms with Gasteiger partial charge in [-0.15, -0.1) is 0 Å². The Labute approximate surface area is 81.4 Å². The number of ether oxygens (including phenoxy) is 1. The Morgan fingerprint density at radius 2 is 1.43 bits per heavy atom. The summed E-state index contributed by atoms with van der Waals surface area (Å²) in [6, 6.07) is 0. The Hall–Kier alpha value is -0.740. The van der Waals surface area contributed by atoms with E-state index in [0.717, 1.165) is 14.0 Å². The zero-order valence-electron chi connectivity index (χ0n) is 8.95. The third-order valence-electron chi connectivity index (χ3n) is 2.66. The van der Waals surface area contributed by atoms with E-state index in [1.807, 2.05) is 0 Å². The molecule has 0 N–H and O–H groups in total. The van der Waals surface area contributed by atoms with Crippen LogP contribution < -0.4 is 0 Å². The summed E-state index contributed by atoms with van der Waals surface area (Å²) in [7, 11) is 0.956. The molecule has 0 spiro atoms. The lowest BCUT2D eigenvalue weighted by atomic mass is 9.67. The van der Waals surface area contributed by atoms with Crippen molar-refractivity contribution in [2.75, 3.05) is 7.11 Å². The highest BCUT2D eigenvalue weighted by molar-refractivity contribution is 5.78. The fraction of sp³-hybridized carbons (Fsp3) is 0.889. The average Bonchev–Trinajstić information content (AvgIpc) is 1.97. The number of halogens is 3. The summed E-state index contributed by atoms with van der Waals surface area (Å²) in [6.07, 6.45) is -4.61. The third-order valence-corrected chi connectivity index (χ3v) is 2.66. The molecule has 14 heavy (non-hydrogen) atoms. The number of esters is 1. The standard InChI is InChI=1S/C9H15F3O2/c1-7(2,3)8(4,6(13)14-5)9(10,11)12/h1-5H3. The minimum atomic E-state index is -4.61. The van der Waals surface area contributed by atoms with Gasteiger partial charge in [-0.05, 0) is 12.3 Å². The summed E-state index contributed by atoms with van der Waals surface area (Å²) in [5, 5.41) is 0. The Morgan fingerprint density at radius 3 is 1.50 bits per heavy atom. The second kappa shape index (κ2) is 3.44. The van der Waals surface area contributed by atoms with Crippen LogP contribution in [0.1, 0.15) is 27.7 Å². The predicted molar refractivity (Wildman–Crippen MR) is 45.6 cm³/mol. The quantitative estimate of drug-likeness (QED) is 0.625. The smallest absolute Gasteiger partial charge is 0.405 e. The highest BCUT2D eigenvalue weighted by Crippen LogP contribution is 2.51. The van der Waals surface area contributed by atoms with Gasteiger partial charge < -0.3 is 4.74 Å². The van der Waals surface area contributed by atoms with Crippen LogP contribution in [0.5, 0.6) is 0 Å². The van der Waals surface area contributed by atoms with Gasteiger partial charge in [0.15, 0.2) is 5.41 Å². The Kier molecular flexibility index (Phi) is 3.26. The van der Waals surface area contributed by atoms with Gasteiger partial charge in [0.1, 0.15) is 0 Å². The minimum Gasteiger partial charge on any atom is -0.468 e. The van der Waals surface area contributed by atoms with E-state index >= 15 is 0 Å². The van der Waals surface area contributed by atoms with E-state index in [2.05, 4.69) is 4.74 Å². The maximum atomic E-state index is 12.7. The van der Waals surface area contributed by atoms with Crippen LogP contribution in [0.2, 0.25) is 0 Å². The van der Waals surface area contributed by atoms with E-state index in [0.29, 0.717) is 0 Å². The molecule has 0 aromatic carbocycles. The van der Waals surface area contributed by atoms with Gasteiger partial charge >= 0.3 is 12.1 Å². The van der Waals surface area contributed by atoms with Crippen LogP contribution in [0.4, 0.5) is 13.2 Å². The molecule has 0 heterocycles. The van der Waals surface area contributed by atoms with Gasteiger partial charge in [-0.3, -0.25) is 4.79 Å². The normalized spacial score (nSPS) is 17.4. The Bertz CT molecular complexity index is 211. The number of carbonyl (C=O) groups is 1. The maximum absolute atomic E-state index is 12.7. The molecular weight excluding hydrogens is 197 g/mol. The number of alkyl halides is 3. The Balaban J connectivity index is 5.40. The van der Waals surface area contributed by atoms with Crippen molar-refractivity contribution in [3.63, 3.8) is 0 Å². The van der Waals surface area contributed by atoms with Gasteiger partial charge in [0.2, 0.25) is 0 Å². The fourth-order valence-corrected chi connectivity index (χ4v) is 1.05. The van der Waals surface area contributed by atoms with E-state index in [-0.39, 0.29) is 0 Å². The summed E-state index contributed by atoms with van der Waals surface area (Å²) in [6.45, 7) is 4.94. The van der Waals surface area contributed by atoms with Crippen molar-refractivity contribution in [1.82, 2.24) is 0 Å². The van der Waals surface area contributed by atoms with Crippen molar-refractivity contribution >= 4 is 5.97 Å². The average molecular weight is 212 g/mol. The zero-order valence-corrected chi connectivity index (χ0v) is 8.95. The predicted octanol–water partition coefficient (Wildman–Crippen LogP) is 2.77. The van der Waals surface area contributed by atoms with Crippen LogP contribution in [0.25, 0.3) is 0 Å². The van der Waals surface area contributed by atoms with Gasteiger partial charge in [0.05, 0.1) is 7.11 Å². The summed E-state index contributed by atoms with van der Waals surface area (Å²) in [5.74, 6) is -1.25. The second-order valence-corrected chi connectivity index (χ2v) is 4.36. The number of carbonyl (C=O) groups excluding carboxylic acids is 1. The molecule has 84 valence electrons. The summed E-state index contributed by atoms with van der Waals surface area (Å²) in [4.78, 5) is 11.2. The molecular formula is C9H15F3O2. The largest absolute Gasteiger partial charge is 0.468 e. The summed E-state index contributed by atoms with van der Waals surface area (Å²) >= 11 is 0. The fourth-order valence-electron chi connectivity index (χ4n) is 1.05. The molecule has 0 radical (unpaired) electrons. The van der Waals surface area contributed by atoms with Crippen molar-refractivity contribution in [2.45, 2.75) is 33.9 Å². The third kappa shape index (κ3) is 1.86. The summed E-state index contributed by atoms with van der Waals surface area (Å²) in [5.41, 5.74) is -3.72. The van der Waals surface area contributed by atoms with E-state index < -0.39 is 23.0 Å². The van der Waals surface area contributed by atoms with Gasteiger partial charge in [-0.1, -0.05) is 20.8 Å². The molecule has 1 atom stereocenters. The van der Waals surface area contributed by atoms with Gasteiger partial charge in [-0.2, -0.15) is 13.2 Å². The molecule has 0 saturated carbocycles. The molecule has 2 nitrogen and oxygen atoms in total. The lowest BCUT2D eigenvalue weighted by Gasteiger charge is -2.40. The van der Waals surface area contributed by atoms with Gasteiger partial charge in [0, 0.05) is 0 Å². The lowest BCUT2D eigenvalue weighted by molar-refractivity contribution is -0.254. The molecule has 0 amide bonds. The molecule has 0 rings (SSSR count). The van der Waals surface area contributed by atoms with Crippen LogP contribution in [-0.2, 0) is 9.53 Å². The van der Waals surface area contributed by atoms with Crippen LogP contribution in [0.3, 0.4) is 0 Å². The molecule has 0 aromatic rings. The van der Waals surface area contributed by atoms with Crippen LogP contribution in [0, 0.1) is 10.8 Å². The monoisotopic (exact) mass is 212 g/mol. The SMILES string of the molecule is COC(=O)C(C)(C(C)(C)C)C(F)(F)F. The van der Waals surface area contributed by atoms with Crippen molar-refractivity contribution < 1.29 is 22.7 Å². The van der Waals surface area contributed by atoms with Crippen molar-refractivity contribution in [3.05, 3.63) is 0 Å². The van der Waals surface area contributed by atoms with Gasteiger partial charge in [0.25, 0.3) is 0 Å². The second-order valence-electron chi connectivity index (χ2n) is 4.36. The first-order valence-electron chi connectivity index (χ1n) is 4.13. The maximum Gasteiger partial charge on any atom is 0.405 e. The van der Waals surface area contributed by atoms with Crippen molar-refractivity contribution in [1.29, 1.82) is 0 Å². The van der Waals surface area contributed by atoms with E-state index in [4.69, 9.17) is 0 Å². The molecule has 1 unspecified atom stereocenters. The topological polar surface area (TPSA) is 26.3 Å². The molecule has 0 aromatic heterocycles. The van der Waals surface area contributed by atoms with E-state index in [9.17, 15) is 18.0 Å². The minimum absolute atomic E-state index is 0.860. The molecule has 0 aliphatic rings. The first-order valence-corrected chi connectivity index (χ1v) is 4.13. The highest BCUT2D eigenvalue weighted by atomic mass is 19.4. The number of hydrogen-bond donors (Lipinski definition) is 0. The van der Waals surface area contributed by atoms with Gasteiger partial charge in [-0.25, -0.2) is 0 Å². The molecule has 0 bridgehead atoms. The molecule has 0 fully saturated rings. The summed E-state index contributed by atoms with van der Waals surface area (Å²) < 4.78 is 42.4. The molecule has 0 aliphatic heterocycles. The first-order chi connectivity index (χ1) is 5.98. The first kappa shape index (κ1) is 13.3. The zero-order chi connectivity index (χ0) is 11.8. The van der Waals surface area contributed by atoms with E-state index in [1.54, 1.807) is 0 Å². The number of hydrogen-bond acceptors (Lipinski definition) is 2. The number of methoxy groups -OCH3 is 1. The lowest BCUT2D eigenvalue weighted by Crippen LogP contribution is -2.52. The number of rotatable bonds is 1. The van der Waals surface area contributed by atoms with Crippen LogP contribution in [0.15, 0.2) is 0 Å². The van der Waals surface area contributed by atoms with Crippen LogP contribution in [-0.4, -0.2) is 19.3 Å². The molecule has 5 heteroatoms. The van der Waals surface area contributed by atoms with Crippen LogP contribution >= 0.6 is 0 Å². The van der Waals surface area contributed by atoms with Crippen molar-refractivity contribution in [3.8, 4) is 0 Å². The molecule has 0 aliphatic carbocycles.